The maximum Gasteiger partial charge on any atom is 0.271 e. The standard InChI is InChI=1S/C15H18N4O5.ClH/c20-14(17-7-10-2-1-5-16-10)8-18-12-6-11(19(22)23)3-4-13(12)24-9-15(18)21;/h3-4,6,10,16H,1-2,5,7-9H2,(H,17,20);1H. The van der Waals surface area contributed by atoms with Crippen LogP contribution in [0.1, 0.15) is 12.8 Å². The van der Waals surface area contributed by atoms with Crippen LogP contribution in [-0.2, 0) is 9.59 Å². The van der Waals surface area contributed by atoms with Gasteiger partial charge in [-0.2, -0.15) is 0 Å². The Balaban J connectivity index is 0.00000225. The third-order valence-corrected chi connectivity index (χ3v) is 4.11. The van der Waals surface area contributed by atoms with Crippen molar-refractivity contribution in [2.75, 3.05) is 31.1 Å². The van der Waals surface area contributed by atoms with Gasteiger partial charge in [0.2, 0.25) is 5.91 Å². The highest BCUT2D eigenvalue weighted by Gasteiger charge is 2.29. The van der Waals surface area contributed by atoms with Gasteiger partial charge in [-0.3, -0.25) is 24.6 Å². The van der Waals surface area contributed by atoms with E-state index in [1.54, 1.807) is 0 Å². The number of rotatable bonds is 5. The Hall–Kier alpha value is -2.39. The number of nitro benzene ring substituents is 1. The molecule has 0 bridgehead atoms. The maximum absolute atomic E-state index is 12.1. The van der Waals surface area contributed by atoms with Gasteiger partial charge in [0, 0.05) is 24.7 Å². The molecule has 2 aliphatic rings. The molecule has 9 nitrogen and oxygen atoms in total. The van der Waals surface area contributed by atoms with E-state index in [9.17, 15) is 19.7 Å². The number of hydrogen-bond donors (Lipinski definition) is 2. The Labute approximate surface area is 150 Å². The van der Waals surface area contributed by atoms with E-state index in [4.69, 9.17) is 4.74 Å². The van der Waals surface area contributed by atoms with Crippen molar-refractivity contribution in [1.82, 2.24) is 10.6 Å². The van der Waals surface area contributed by atoms with Gasteiger partial charge in [-0.15, -0.1) is 12.4 Å². The van der Waals surface area contributed by atoms with Crippen molar-refractivity contribution in [1.29, 1.82) is 0 Å². The van der Waals surface area contributed by atoms with Gasteiger partial charge < -0.3 is 15.4 Å². The molecule has 0 aliphatic carbocycles. The topological polar surface area (TPSA) is 114 Å². The van der Waals surface area contributed by atoms with E-state index in [0.717, 1.165) is 19.4 Å². The molecule has 136 valence electrons. The van der Waals surface area contributed by atoms with E-state index in [2.05, 4.69) is 10.6 Å². The zero-order valence-corrected chi connectivity index (χ0v) is 14.2. The number of ether oxygens (including phenoxy) is 1. The Morgan fingerprint density at radius 1 is 1.48 bits per heavy atom. The normalized spacial score (nSPS) is 18.8. The van der Waals surface area contributed by atoms with Crippen LogP contribution in [0.3, 0.4) is 0 Å². The van der Waals surface area contributed by atoms with Crippen LogP contribution < -0.4 is 20.3 Å². The molecule has 1 aromatic carbocycles. The average Bonchev–Trinajstić information content (AvgIpc) is 3.08. The predicted molar refractivity (Wildman–Crippen MR) is 92.2 cm³/mol. The fourth-order valence-electron chi connectivity index (χ4n) is 2.84. The summed E-state index contributed by atoms with van der Waals surface area (Å²) in [6, 6.07) is 4.24. The van der Waals surface area contributed by atoms with Crippen LogP contribution >= 0.6 is 12.4 Å². The summed E-state index contributed by atoms with van der Waals surface area (Å²) >= 11 is 0. The zero-order chi connectivity index (χ0) is 17.1. The lowest BCUT2D eigenvalue weighted by molar-refractivity contribution is -0.384. The number of fused-ring (bicyclic) bond motifs is 1. The number of hydrogen-bond acceptors (Lipinski definition) is 6. The first kappa shape index (κ1) is 18.9. The zero-order valence-electron chi connectivity index (χ0n) is 13.4. The van der Waals surface area contributed by atoms with Crippen LogP contribution in [0.4, 0.5) is 11.4 Å². The van der Waals surface area contributed by atoms with Crippen molar-refractivity contribution in [3.63, 3.8) is 0 Å². The molecule has 2 N–H and O–H groups in total. The lowest BCUT2D eigenvalue weighted by Crippen LogP contribution is -2.47. The van der Waals surface area contributed by atoms with Gasteiger partial charge in [0.05, 0.1) is 10.6 Å². The molecule has 1 aromatic rings. The summed E-state index contributed by atoms with van der Waals surface area (Å²) in [7, 11) is 0. The average molecular weight is 371 g/mol. The van der Waals surface area contributed by atoms with Gasteiger partial charge in [-0.25, -0.2) is 0 Å². The van der Waals surface area contributed by atoms with Gasteiger partial charge in [0.1, 0.15) is 12.3 Å². The Kier molecular flexibility index (Phi) is 6.16. The first-order chi connectivity index (χ1) is 11.5. The van der Waals surface area contributed by atoms with E-state index >= 15 is 0 Å². The quantitative estimate of drug-likeness (QED) is 0.580. The van der Waals surface area contributed by atoms with Crippen LogP contribution in [-0.4, -0.2) is 49.0 Å². The highest BCUT2D eigenvalue weighted by Crippen LogP contribution is 2.35. The molecule has 0 radical (unpaired) electrons. The van der Waals surface area contributed by atoms with E-state index in [1.165, 1.54) is 23.1 Å². The van der Waals surface area contributed by atoms with Crippen molar-refractivity contribution in [3.05, 3.63) is 28.3 Å². The van der Waals surface area contributed by atoms with Gasteiger partial charge in [0.15, 0.2) is 6.61 Å². The molecule has 2 heterocycles. The summed E-state index contributed by atoms with van der Waals surface area (Å²) in [5, 5.41) is 17.0. The van der Waals surface area contributed by atoms with Crippen molar-refractivity contribution in [2.45, 2.75) is 18.9 Å². The second-order valence-corrected chi connectivity index (χ2v) is 5.78. The molecule has 0 aromatic heterocycles. The van der Waals surface area contributed by atoms with E-state index in [1.807, 2.05) is 0 Å². The number of nitrogens with one attached hydrogen (secondary N) is 2. The summed E-state index contributed by atoms with van der Waals surface area (Å²) in [6.45, 7) is 1.06. The first-order valence-electron chi connectivity index (χ1n) is 7.76. The van der Waals surface area contributed by atoms with E-state index in [0.29, 0.717) is 12.3 Å². The first-order valence-corrected chi connectivity index (χ1v) is 7.76. The lowest BCUT2D eigenvalue weighted by atomic mass is 10.2. The Morgan fingerprint density at radius 2 is 2.28 bits per heavy atom. The van der Waals surface area contributed by atoms with Crippen molar-refractivity contribution < 1.29 is 19.2 Å². The van der Waals surface area contributed by atoms with Crippen LogP contribution in [0.5, 0.6) is 5.75 Å². The van der Waals surface area contributed by atoms with Crippen LogP contribution in [0.15, 0.2) is 18.2 Å². The van der Waals surface area contributed by atoms with Gasteiger partial charge in [-0.05, 0) is 25.5 Å². The van der Waals surface area contributed by atoms with Crippen molar-refractivity contribution in [3.8, 4) is 5.75 Å². The highest BCUT2D eigenvalue weighted by atomic mass is 35.5. The fraction of sp³-hybridized carbons (Fsp3) is 0.467. The van der Waals surface area contributed by atoms with Crippen molar-refractivity contribution in [2.24, 2.45) is 0 Å². The van der Waals surface area contributed by atoms with E-state index < -0.39 is 10.8 Å². The fourth-order valence-corrected chi connectivity index (χ4v) is 2.84. The monoisotopic (exact) mass is 370 g/mol. The second-order valence-electron chi connectivity index (χ2n) is 5.78. The number of nitrogens with zero attached hydrogens (tertiary/aromatic N) is 2. The molecule has 2 amide bonds. The molecule has 0 spiro atoms. The SMILES string of the molecule is Cl.O=C(CN1C(=O)COc2ccc([N+](=O)[O-])cc21)NCC1CCCN1. The summed E-state index contributed by atoms with van der Waals surface area (Å²) in [5.41, 5.74) is 0.0854. The molecular weight excluding hydrogens is 352 g/mol. The smallest absolute Gasteiger partial charge is 0.271 e. The number of carbonyl (C=O) groups is 2. The number of non-ortho nitro benzene ring substituents is 1. The summed E-state index contributed by atoms with van der Waals surface area (Å²) in [6.07, 6.45) is 2.09. The molecule has 1 saturated heterocycles. The summed E-state index contributed by atoms with van der Waals surface area (Å²) in [5.74, 6) is -0.362. The second kappa shape index (κ2) is 8.13. The maximum atomic E-state index is 12.1. The predicted octanol–water partition coefficient (Wildman–Crippen LogP) is 0.610. The summed E-state index contributed by atoms with van der Waals surface area (Å²) < 4.78 is 5.27. The van der Waals surface area contributed by atoms with Gasteiger partial charge in [0.25, 0.3) is 11.6 Å². The largest absolute Gasteiger partial charge is 0.482 e. The number of anilines is 1. The van der Waals surface area contributed by atoms with Crippen LogP contribution in [0, 0.1) is 10.1 Å². The highest BCUT2D eigenvalue weighted by molar-refractivity contribution is 6.02. The molecule has 1 unspecified atom stereocenters. The lowest BCUT2D eigenvalue weighted by Gasteiger charge is -2.28. The molecule has 3 rings (SSSR count). The van der Waals surface area contributed by atoms with Gasteiger partial charge >= 0.3 is 0 Å². The molecule has 0 saturated carbocycles. The minimum absolute atomic E-state index is 0. The molecule has 25 heavy (non-hydrogen) atoms. The molecule has 2 aliphatic heterocycles. The number of amides is 2. The Morgan fingerprint density at radius 3 is 2.96 bits per heavy atom. The van der Waals surface area contributed by atoms with Crippen molar-refractivity contribution >= 4 is 35.6 Å². The molecular formula is C15H19ClN4O5. The van der Waals surface area contributed by atoms with Gasteiger partial charge in [-0.1, -0.05) is 0 Å². The minimum Gasteiger partial charge on any atom is -0.482 e. The van der Waals surface area contributed by atoms with Crippen LogP contribution in [0.25, 0.3) is 0 Å². The molecule has 1 atom stereocenters. The number of halogens is 1. The minimum atomic E-state index is -0.552. The number of benzene rings is 1. The Bertz CT molecular complexity index is 678. The third kappa shape index (κ3) is 4.37. The van der Waals surface area contributed by atoms with Crippen LogP contribution in [0.2, 0.25) is 0 Å². The van der Waals surface area contributed by atoms with E-state index in [-0.39, 0.29) is 48.9 Å². The third-order valence-electron chi connectivity index (χ3n) is 4.11. The number of carbonyl (C=O) groups excluding carboxylic acids is 2. The molecule has 1 fully saturated rings. The number of nitro groups is 1. The molecule has 10 heteroatoms. The summed E-state index contributed by atoms with van der Waals surface area (Å²) in [4.78, 5) is 35.8.